The van der Waals surface area contributed by atoms with Crippen molar-refractivity contribution in [1.82, 2.24) is 4.90 Å². The third-order valence-electron chi connectivity index (χ3n) is 4.64. The summed E-state index contributed by atoms with van der Waals surface area (Å²) in [6, 6.07) is 7.22. The summed E-state index contributed by atoms with van der Waals surface area (Å²) in [5.74, 6) is -0.0283. The van der Waals surface area contributed by atoms with E-state index < -0.39 is 0 Å². The molecule has 1 aromatic carbocycles. The van der Waals surface area contributed by atoms with Gasteiger partial charge in [0.2, 0.25) is 5.91 Å². The molecule has 0 spiro atoms. The van der Waals surface area contributed by atoms with E-state index >= 15 is 0 Å². The van der Waals surface area contributed by atoms with Crippen molar-refractivity contribution in [1.29, 1.82) is 0 Å². The maximum atomic E-state index is 12.3. The third kappa shape index (κ3) is 3.45. The highest BCUT2D eigenvalue weighted by molar-refractivity contribution is 5.92. The van der Waals surface area contributed by atoms with Gasteiger partial charge in [-0.15, -0.1) is 0 Å². The molecule has 0 atom stereocenters. The first-order valence-electron chi connectivity index (χ1n) is 7.80. The molecule has 3 aliphatic heterocycles. The predicted octanol–water partition coefficient (Wildman–Crippen LogP) is 0.730. The van der Waals surface area contributed by atoms with Crippen molar-refractivity contribution in [3.63, 3.8) is 0 Å². The second-order valence-corrected chi connectivity index (χ2v) is 6.32. The summed E-state index contributed by atoms with van der Waals surface area (Å²) >= 11 is 0. The average molecular weight is 303 g/mol. The molecule has 4 rings (SSSR count). The molecule has 0 aliphatic carbocycles. The van der Waals surface area contributed by atoms with E-state index in [1.807, 2.05) is 12.1 Å². The average Bonchev–Trinajstić information content (AvgIpc) is 2.50. The Hall–Kier alpha value is -1.92. The summed E-state index contributed by atoms with van der Waals surface area (Å²) in [5, 5.41) is 5.68. The minimum Gasteiger partial charge on any atom is -0.326 e. The fourth-order valence-corrected chi connectivity index (χ4v) is 3.31. The zero-order chi connectivity index (χ0) is 15.6. The standard InChI is InChI=1S/C16H22N4O2/c1-13(21)17-14-2-4-15(5-3-14)18-16(22)12-20-9-6-19(7-10-20)8-11-20/h2-5H,6-12H2,1H3,(H-,17,18,21,22)/p+1. The van der Waals surface area contributed by atoms with E-state index in [1.165, 1.54) is 6.92 Å². The van der Waals surface area contributed by atoms with Gasteiger partial charge in [-0.2, -0.15) is 0 Å². The van der Waals surface area contributed by atoms with Crippen LogP contribution in [0.2, 0.25) is 0 Å². The van der Waals surface area contributed by atoms with Gasteiger partial charge in [0, 0.05) is 37.9 Å². The molecule has 2 bridgehead atoms. The minimum atomic E-state index is -0.100. The Morgan fingerprint density at radius 1 is 1.00 bits per heavy atom. The maximum Gasteiger partial charge on any atom is 0.279 e. The molecule has 0 radical (unpaired) electrons. The van der Waals surface area contributed by atoms with Gasteiger partial charge in [0.15, 0.2) is 6.54 Å². The van der Waals surface area contributed by atoms with Crippen molar-refractivity contribution in [2.24, 2.45) is 0 Å². The van der Waals surface area contributed by atoms with E-state index in [1.54, 1.807) is 12.1 Å². The van der Waals surface area contributed by atoms with Crippen LogP contribution < -0.4 is 10.6 Å². The van der Waals surface area contributed by atoms with Crippen molar-refractivity contribution in [3.05, 3.63) is 24.3 Å². The fourth-order valence-electron chi connectivity index (χ4n) is 3.31. The Bertz CT molecular complexity index is 548. The van der Waals surface area contributed by atoms with Crippen LogP contribution in [-0.4, -0.2) is 67.0 Å². The van der Waals surface area contributed by atoms with Gasteiger partial charge >= 0.3 is 0 Å². The normalized spacial score (nSPS) is 26.5. The number of anilines is 2. The number of piperazine rings is 3. The van der Waals surface area contributed by atoms with E-state index in [2.05, 4.69) is 15.5 Å². The van der Waals surface area contributed by atoms with Crippen LogP contribution in [0.25, 0.3) is 0 Å². The smallest absolute Gasteiger partial charge is 0.279 e. The van der Waals surface area contributed by atoms with Crippen LogP contribution in [0, 0.1) is 0 Å². The number of nitrogens with zero attached hydrogens (tertiary/aromatic N) is 2. The Labute approximate surface area is 130 Å². The first-order valence-corrected chi connectivity index (χ1v) is 7.80. The van der Waals surface area contributed by atoms with E-state index in [0.717, 1.165) is 55.1 Å². The van der Waals surface area contributed by atoms with Gasteiger partial charge in [-0.1, -0.05) is 0 Å². The Kier molecular flexibility index (Phi) is 4.13. The SMILES string of the molecule is CC(=O)Nc1ccc(NC(=O)C[N+]23CCN(CC2)CC3)cc1. The zero-order valence-electron chi connectivity index (χ0n) is 13.0. The highest BCUT2D eigenvalue weighted by Gasteiger charge is 2.39. The van der Waals surface area contributed by atoms with Crippen LogP contribution in [0.15, 0.2) is 24.3 Å². The molecule has 0 saturated carbocycles. The number of fused-ring (bicyclic) bond motifs is 3. The molecule has 3 aliphatic rings. The van der Waals surface area contributed by atoms with Crippen molar-refractivity contribution in [2.45, 2.75) is 6.92 Å². The summed E-state index contributed by atoms with van der Waals surface area (Å²) in [4.78, 5) is 25.8. The van der Waals surface area contributed by atoms with Crippen LogP contribution in [0.5, 0.6) is 0 Å². The van der Waals surface area contributed by atoms with Crippen molar-refractivity contribution in [2.75, 3.05) is 56.4 Å². The van der Waals surface area contributed by atoms with Gasteiger partial charge in [-0.25, -0.2) is 0 Å². The summed E-state index contributed by atoms with van der Waals surface area (Å²) in [6.45, 7) is 8.60. The second kappa shape index (κ2) is 6.06. The third-order valence-corrected chi connectivity index (χ3v) is 4.64. The number of nitrogens with one attached hydrogen (secondary N) is 2. The van der Waals surface area contributed by atoms with E-state index in [4.69, 9.17) is 0 Å². The lowest BCUT2D eigenvalue weighted by molar-refractivity contribution is -0.933. The maximum absolute atomic E-state index is 12.3. The molecular formula is C16H23N4O2+. The Morgan fingerprint density at radius 3 is 2.00 bits per heavy atom. The van der Waals surface area contributed by atoms with Gasteiger partial charge in [0.1, 0.15) is 0 Å². The first-order chi connectivity index (χ1) is 10.5. The van der Waals surface area contributed by atoms with Gasteiger partial charge in [0.25, 0.3) is 5.91 Å². The van der Waals surface area contributed by atoms with E-state index in [0.29, 0.717) is 6.54 Å². The van der Waals surface area contributed by atoms with Crippen molar-refractivity contribution in [3.8, 4) is 0 Å². The molecule has 2 amide bonds. The van der Waals surface area contributed by atoms with Crippen LogP contribution in [0.3, 0.4) is 0 Å². The van der Waals surface area contributed by atoms with Crippen LogP contribution in [0.4, 0.5) is 11.4 Å². The Balaban J connectivity index is 1.56. The lowest BCUT2D eigenvalue weighted by Gasteiger charge is -2.50. The number of hydrogen-bond acceptors (Lipinski definition) is 3. The van der Waals surface area contributed by atoms with Crippen molar-refractivity contribution < 1.29 is 14.1 Å². The Morgan fingerprint density at radius 2 is 1.50 bits per heavy atom. The predicted molar refractivity (Wildman–Crippen MR) is 85.5 cm³/mol. The minimum absolute atomic E-state index is 0.0719. The molecule has 6 nitrogen and oxygen atoms in total. The molecule has 118 valence electrons. The van der Waals surface area contributed by atoms with Crippen LogP contribution >= 0.6 is 0 Å². The quantitative estimate of drug-likeness (QED) is 0.806. The topological polar surface area (TPSA) is 61.4 Å². The highest BCUT2D eigenvalue weighted by atomic mass is 16.2. The van der Waals surface area contributed by atoms with E-state index in [9.17, 15) is 9.59 Å². The number of carbonyl (C=O) groups is 2. The molecule has 22 heavy (non-hydrogen) atoms. The molecule has 6 heteroatoms. The van der Waals surface area contributed by atoms with Crippen LogP contribution in [0.1, 0.15) is 6.92 Å². The van der Waals surface area contributed by atoms with Crippen molar-refractivity contribution >= 4 is 23.2 Å². The number of carbonyl (C=O) groups excluding carboxylic acids is 2. The lowest BCUT2D eigenvalue weighted by Crippen LogP contribution is -2.68. The summed E-state index contributed by atoms with van der Waals surface area (Å²) in [6.07, 6.45) is 0. The molecule has 1 aromatic rings. The molecule has 3 heterocycles. The largest absolute Gasteiger partial charge is 0.326 e. The molecule has 0 unspecified atom stereocenters. The van der Waals surface area contributed by atoms with Crippen LogP contribution in [-0.2, 0) is 9.59 Å². The lowest BCUT2D eigenvalue weighted by atomic mass is 10.1. The molecule has 0 aromatic heterocycles. The number of benzene rings is 1. The number of hydrogen-bond donors (Lipinski definition) is 2. The summed E-state index contributed by atoms with van der Waals surface area (Å²) < 4.78 is 0.923. The van der Waals surface area contributed by atoms with E-state index in [-0.39, 0.29) is 11.8 Å². The fraction of sp³-hybridized carbons (Fsp3) is 0.500. The summed E-state index contributed by atoms with van der Waals surface area (Å²) in [5.41, 5.74) is 1.51. The zero-order valence-corrected chi connectivity index (χ0v) is 13.0. The van der Waals surface area contributed by atoms with Gasteiger partial charge in [-0.05, 0) is 24.3 Å². The molecule has 2 N–H and O–H groups in total. The molecule has 3 fully saturated rings. The van der Waals surface area contributed by atoms with Gasteiger partial charge in [-0.3, -0.25) is 14.5 Å². The number of amides is 2. The molecule has 3 saturated heterocycles. The van der Waals surface area contributed by atoms with Gasteiger partial charge < -0.3 is 15.1 Å². The highest BCUT2D eigenvalue weighted by Crippen LogP contribution is 2.20. The molecular weight excluding hydrogens is 280 g/mol. The number of quaternary nitrogens is 1. The number of rotatable bonds is 4. The summed E-state index contributed by atoms with van der Waals surface area (Å²) in [7, 11) is 0. The van der Waals surface area contributed by atoms with Gasteiger partial charge in [0.05, 0.1) is 19.6 Å². The first kappa shape index (κ1) is 15.0. The second-order valence-electron chi connectivity index (χ2n) is 6.32. The monoisotopic (exact) mass is 303 g/mol.